The van der Waals surface area contributed by atoms with E-state index in [1.165, 1.54) is 0 Å². The first-order valence-corrected chi connectivity index (χ1v) is 11.5. The van der Waals surface area contributed by atoms with Crippen molar-refractivity contribution < 1.29 is 22.7 Å². The summed E-state index contributed by atoms with van der Waals surface area (Å²) in [4.78, 5) is 12.8. The Morgan fingerprint density at radius 1 is 1.03 bits per heavy atom. The number of nitrogens with zero attached hydrogens (tertiary/aromatic N) is 1. The first-order valence-electron chi connectivity index (χ1n) is 9.66. The van der Waals surface area contributed by atoms with Gasteiger partial charge in [-0.2, -0.15) is 0 Å². The topological polar surface area (TPSA) is 84.9 Å². The van der Waals surface area contributed by atoms with Crippen LogP contribution >= 0.6 is 0 Å². The monoisotopic (exact) mass is 434 g/mol. The summed E-state index contributed by atoms with van der Waals surface area (Å²) in [6.45, 7) is 7.40. The number of benzene rings is 2. The fourth-order valence-corrected chi connectivity index (χ4v) is 4.34. The Balaban J connectivity index is 2.06. The molecule has 2 rings (SSSR count). The molecule has 30 heavy (non-hydrogen) atoms. The van der Waals surface area contributed by atoms with Crippen LogP contribution in [0.25, 0.3) is 0 Å². The zero-order valence-corrected chi connectivity index (χ0v) is 19.1. The maximum Gasteiger partial charge on any atom is 0.243 e. The quantitative estimate of drug-likeness (QED) is 0.656. The summed E-state index contributed by atoms with van der Waals surface area (Å²) in [5, 5.41) is 2.83. The molecule has 0 spiro atoms. The lowest BCUT2D eigenvalue weighted by atomic mass is 10.1. The first-order chi connectivity index (χ1) is 14.0. The number of sulfonamides is 1. The normalized spacial score (nSPS) is 13.3. The van der Waals surface area contributed by atoms with Gasteiger partial charge in [0.25, 0.3) is 0 Å². The average Bonchev–Trinajstić information content (AvgIpc) is 2.65. The van der Waals surface area contributed by atoms with Gasteiger partial charge in [-0.25, -0.2) is 8.42 Å². The van der Waals surface area contributed by atoms with E-state index in [2.05, 4.69) is 5.32 Å². The van der Waals surface area contributed by atoms with Crippen LogP contribution in [0.4, 0.5) is 5.69 Å². The van der Waals surface area contributed by atoms with Gasteiger partial charge in [-0.15, -0.1) is 0 Å². The molecule has 0 aliphatic heterocycles. The summed E-state index contributed by atoms with van der Waals surface area (Å²) in [5.74, 6) is 0.980. The molecule has 0 radical (unpaired) electrons. The number of aryl methyl sites for hydroxylation is 2. The molecular weight excluding hydrogens is 404 g/mol. The summed E-state index contributed by atoms with van der Waals surface area (Å²) in [6.07, 6.45) is 1.10. The molecule has 0 saturated carbocycles. The van der Waals surface area contributed by atoms with Gasteiger partial charge in [-0.05, 0) is 75.2 Å². The third kappa shape index (κ3) is 6.38. The molecule has 0 unspecified atom stereocenters. The van der Waals surface area contributed by atoms with Gasteiger partial charge in [0, 0.05) is 0 Å². The molecule has 2 aromatic carbocycles. The van der Waals surface area contributed by atoms with Crippen molar-refractivity contribution in [2.75, 3.05) is 24.3 Å². The third-order valence-electron chi connectivity index (χ3n) is 4.50. The van der Waals surface area contributed by atoms with Crippen LogP contribution in [0, 0.1) is 13.8 Å². The zero-order valence-electron chi connectivity index (χ0n) is 18.3. The van der Waals surface area contributed by atoms with Gasteiger partial charge < -0.3 is 14.8 Å². The van der Waals surface area contributed by atoms with Crippen LogP contribution in [0.2, 0.25) is 0 Å². The molecule has 2 aromatic rings. The number of hydrogen-bond acceptors (Lipinski definition) is 5. The second kappa shape index (κ2) is 9.84. The molecule has 1 amide bonds. The number of rotatable bonds is 9. The SMILES string of the molecule is COc1ccc(OC[C@H](C)NC(=O)[C@@H](C)N(c2cc(C)cc(C)c2)S(C)(=O)=O)cc1. The van der Waals surface area contributed by atoms with E-state index in [-0.39, 0.29) is 12.6 Å². The molecule has 2 atom stereocenters. The minimum absolute atomic E-state index is 0.243. The van der Waals surface area contributed by atoms with E-state index < -0.39 is 22.0 Å². The van der Waals surface area contributed by atoms with Gasteiger partial charge in [-0.3, -0.25) is 9.10 Å². The molecule has 0 aliphatic carbocycles. The van der Waals surface area contributed by atoms with Gasteiger partial charge in [-0.1, -0.05) is 6.07 Å². The largest absolute Gasteiger partial charge is 0.497 e. The molecule has 0 saturated heterocycles. The van der Waals surface area contributed by atoms with E-state index in [4.69, 9.17) is 9.47 Å². The summed E-state index contributed by atoms with van der Waals surface area (Å²) in [6, 6.07) is 11.4. The van der Waals surface area contributed by atoms with Crippen molar-refractivity contribution in [1.29, 1.82) is 0 Å². The predicted molar refractivity (Wildman–Crippen MR) is 119 cm³/mol. The third-order valence-corrected chi connectivity index (χ3v) is 5.74. The Bertz CT molecular complexity index is 953. The smallest absolute Gasteiger partial charge is 0.243 e. The lowest BCUT2D eigenvalue weighted by Gasteiger charge is -2.29. The van der Waals surface area contributed by atoms with E-state index in [1.807, 2.05) is 19.9 Å². The average molecular weight is 435 g/mol. The van der Waals surface area contributed by atoms with Crippen molar-refractivity contribution >= 4 is 21.6 Å². The van der Waals surface area contributed by atoms with Crippen molar-refractivity contribution in [3.05, 3.63) is 53.6 Å². The Morgan fingerprint density at radius 3 is 2.07 bits per heavy atom. The Kier molecular flexibility index (Phi) is 7.72. The Hall–Kier alpha value is -2.74. The molecule has 164 valence electrons. The number of anilines is 1. The Labute approximate surface area is 179 Å². The lowest BCUT2D eigenvalue weighted by molar-refractivity contribution is -0.122. The maximum atomic E-state index is 12.8. The zero-order chi connectivity index (χ0) is 22.5. The van der Waals surface area contributed by atoms with Crippen LogP contribution in [0.5, 0.6) is 11.5 Å². The fraction of sp³-hybridized carbons (Fsp3) is 0.409. The van der Waals surface area contributed by atoms with Crippen molar-refractivity contribution in [1.82, 2.24) is 5.32 Å². The second-order valence-electron chi connectivity index (χ2n) is 7.48. The van der Waals surface area contributed by atoms with E-state index in [0.29, 0.717) is 11.4 Å². The van der Waals surface area contributed by atoms with Gasteiger partial charge in [0.2, 0.25) is 15.9 Å². The number of methoxy groups -OCH3 is 1. The van der Waals surface area contributed by atoms with Gasteiger partial charge >= 0.3 is 0 Å². The Morgan fingerprint density at radius 2 is 1.57 bits per heavy atom. The highest BCUT2D eigenvalue weighted by atomic mass is 32.2. The summed E-state index contributed by atoms with van der Waals surface area (Å²) >= 11 is 0. The van der Waals surface area contributed by atoms with Crippen LogP contribution < -0.4 is 19.1 Å². The van der Waals surface area contributed by atoms with E-state index in [0.717, 1.165) is 27.4 Å². The lowest BCUT2D eigenvalue weighted by Crippen LogP contribution is -2.50. The van der Waals surface area contributed by atoms with Gasteiger partial charge in [0.05, 0.1) is 25.1 Å². The van der Waals surface area contributed by atoms with Gasteiger partial charge in [0.1, 0.15) is 24.1 Å². The summed E-state index contributed by atoms with van der Waals surface area (Å²) < 4.78 is 36.9. The molecular formula is C22H30N2O5S. The van der Waals surface area contributed by atoms with Crippen molar-refractivity contribution in [2.45, 2.75) is 39.8 Å². The molecule has 0 heterocycles. The summed E-state index contributed by atoms with van der Waals surface area (Å²) in [7, 11) is -2.07. The number of ether oxygens (including phenoxy) is 2. The van der Waals surface area contributed by atoms with Crippen LogP contribution in [-0.4, -0.2) is 46.4 Å². The molecule has 0 aliphatic rings. The van der Waals surface area contributed by atoms with E-state index >= 15 is 0 Å². The number of nitrogens with one attached hydrogen (secondary N) is 1. The standard InChI is InChI=1S/C22H30N2O5S/c1-15-11-16(2)13-19(12-15)24(30(6,26)27)18(4)22(25)23-17(3)14-29-21-9-7-20(28-5)8-10-21/h7-13,17-18H,14H2,1-6H3,(H,23,25)/t17-,18+/m0/s1. The molecule has 8 heteroatoms. The molecule has 0 fully saturated rings. The minimum Gasteiger partial charge on any atom is -0.497 e. The molecule has 1 N–H and O–H groups in total. The van der Waals surface area contributed by atoms with E-state index in [1.54, 1.807) is 57.4 Å². The van der Waals surface area contributed by atoms with E-state index in [9.17, 15) is 13.2 Å². The first kappa shape index (κ1) is 23.5. The number of amides is 1. The highest BCUT2D eigenvalue weighted by Gasteiger charge is 2.30. The highest BCUT2D eigenvalue weighted by molar-refractivity contribution is 7.92. The van der Waals surface area contributed by atoms with Crippen LogP contribution in [-0.2, 0) is 14.8 Å². The number of carbonyl (C=O) groups excluding carboxylic acids is 1. The highest BCUT2D eigenvalue weighted by Crippen LogP contribution is 2.24. The van der Waals surface area contributed by atoms with Crippen molar-refractivity contribution in [3.8, 4) is 11.5 Å². The van der Waals surface area contributed by atoms with Gasteiger partial charge in [0.15, 0.2) is 0 Å². The number of hydrogen-bond donors (Lipinski definition) is 1. The van der Waals surface area contributed by atoms with Crippen molar-refractivity contribution in [3.63, 3.8) is 0 Å². The molecule has 7 nitrogen and oxygen atoms in total. The predicted octanol–water partition coefficient (Wildman–Crippen LogP) is 3.05. The van der Waals surface area contributed by atoms with Crippen LogP contribution in [0.1, 0.15) is 25.0 Å². The minimum atomic E-state index is -3.66. The fourth-order valence-electron chi connectivity index (χ4n) is 3.18. The van der Waals surface area contributed by atoms with Crippen LogP contribution in [0.15, 0.2) is 42.5 Å². The van der Waals surface area contributed by atoms with Crippen LogP contribution in [0.3, 0.4) is 0 Å². The number of carbonyl (C=O) groups is 1. The second-order valence-corrected chi connectivity index (χ2v) is 9.34. The molecule has 0 bridgehead atoms. The molecule has 0 aromatic heterocycles. The maximum absolute atomic E-state index is 12.8. The summed E-state index contributed by atoms with van der Waals surface area (Å²) in [5.41, 5.74) is 2.32. The van der Waals surface area contributed by atoms with Crippen molar-refractivity contribution in [2.24, 2.45) is 0 Å².